The summed E-state index contributed by atoms with van der Waals surface area (Å²) in [6, 6.07) is 14.3. The Morgan fingerprint density at radius 2 is 1.77 bits per heavy atom. The normalized spacial score (nSPS) is 14.6. The van der Waals surface area contributed by atoms with Crippen LogP contribution in [0, 0.1) is 6.92 Å². The van der Waals surface area contributed by atoms with Gasteiger partial charge in [-0.25, -0.2) is 0 Å². The number of anilines is 1. The molecule has 0 bridgehead atoms. The Kier molecular flexibility index (Phi) is 7.71. The van der Waals surface area contributed by atoms with E-state index in [4.69, 9.17) is 4.74 Å². The van der Waals surface area contributed by atoms with Crippen LogP contribution in [-0.2, 0) is 6.42 Å². The van der Waals surface area contributed by atoms with Gasteiger partial charge in [0, 0.05) is 39.9 Å². The van der Waals surface area contributed by atoms with Gasteiger partial charge in [0.15, 0.2) is 0 Å². The Bertz CT molecular complexity index is 1550. The highest BCUT2D eigenvalue weighted by atomic mass is 32.1. The molecule has 0 radical (unpaired) electrons. The zero-order valence-corrected chi connectivity index (χ0v) is 23.4. The molecule has 0 spiro atoms. The second-order valence-electron chi connectivity index (χ2n) is 9.84. The third-order valence-corrected chi connectivity index (χ3v) is 8.28. The molecular weight excluding hydrogens is 522 g/mol. The topological polar surface area (TPSA) is 87.7 Å². The summed E-state index contributed by atoms with van der Waals surface area (Å²) >= 11 is 1.42. The smallest absolute Gasteiger partial charge is 0.261 e. The number of nitrogens with one attached hydrogen (secondary N) is 2. The van der Waals surface area contributed by atoms with E-state index in [-0.39, 0.29) is 23.8 Å². The average molecular weight is 554 g/mol. The highest BCUT2D eigenvalue weighted by Crippen LogP contribution is 2.37. The predicted octanol–water partition coefficient (Wildman–Crippen LogP) is 5.99. The van der Waals surface area contributed by atoms with Crippen molar-refractivity contribution in [1.29, 1.82) is 0 Å². The summed E-state index contributed by atoms with van der Waals surface area (Å²) in [5, 5.41) is 5.94. The lowest BCUT2D eigenvalue weighted by Crippen LogP contribution is -2.31. The monoisotopic (exact) mass is 553 g/mol. The van der Waals surface area contributed by atoms with E-state index in [1.165, 1.54) is 11.3 Å². The first kappa shape index (κ1) is 27.1. The van der Waals surface area contributed by atoms with Crippen LogP contribution >= 0.6 is 11.3 Å². The molecule has 3 amide bonds. The first-order valence-electron chi connectivity index (χ1n) is 13.1. The standard InChI is InChI=1S/C32H31N3O4S/c1-5-25-27(6-2)35(16-15-21-18-28(40-29(21)25)31(37)34-23-11-12-23)32(38)20-7-9-22(10-8-20)33-30(36)26-14-13-24(39-4)17-19(26)3/h5-10,13-14,17-18,23H,1-2,11-12,15-16H2,3-4H3,(H,33,36)(H,34,37). The summed E-state index contributed by atoms with van der Waals surface area (Å²) in [6.45, 7) is 10.3. The summed E-state index contributed by atoms with van der Waals surface area (Å²) in [5.41, 5.74) is 4.86. The molecule has 1 aliphatic heterocycles. The Balaban J connectivity index is 1.35. The van der Waals surface area contributed by atoms with E-state index >= 15 is 0 Å². The number of carbonyl (C=O) groups is 3. The number of rotatable bonds is 8. The van der Waals surface area contributed by atoms with Gasteiger partial charge in [0.25, 0.3) is 17.7 Å². The summed E-state index contributed by atoms with van der Waals surface area (Å²) in [7, 11) is 1.58. The fourth-order valence-corrected chi connectivity index (χ4v) is 5.91. The van der Waals surface area contributed by atoms with Gasteiger partial charge in [0.2, 0.25) is 0 Å². The number of ether oxygens (including phenoxy) is 1. The average Bonchev–Trinajstić information content (AvgIpc) is 3.70. The lowest BCUT2D eigenvalue weighted by molar-refractivity contribution is 0.0813. The van der Waals surface area contributed by atoms with Gasteiger partial charge in [-0.1, -0.05) is 19.2 Å². The maximum absolute atomic E-state index is 13.7. The molecule has 0 unspecified atom stereocenters. The number of allylic oxidation sites excluding steroid dienone is 3. The molecule has 2 aromatic carbocycles. The van der Waals surface area contributed by atoms with E-state index in [0.717, 1.165) is 34.4 Å². The van der Waals surface area contributed by atoms with Gasteiger partial charge in [0.1, 0.15) is 5.75 Å². The van der Waals surface area contributed by atoms with Crippen LogP contribution in [-0.4, -0.2) is 42.3 Å². The second-order valence-corrected chi connectivity index (χ2v) is 10.9. The Hall–Kier alpha value is -4.43. The zero-order valence-electron chi connectivity index (χ0n) is 22.6. The van der Waals surface area contributed by atoms with Crippen molar-refractivity contribution in [2.75, 3.05) is 19.0 Å². The minimum absolute atomic E-state index is 0.0496. The Morgan fingerprint density at radius 1 is 1.02 bits per heavy atom. The number of nitrogens with zero attached hydrogens (tertiary/aromatic N) is 1. The van der Waals surface area contributed by atoms with Crippen molar-refractivity contribution in [2.24, 2.45) is 0 Å². The maximum atomic E-state index is 13.7. The first-order valence-corrected chi connectivity index (χ1v) is 14.0. The van der Waals surface area contributed by atoms with E-state index in [9.17, 15) is 14.4 Å². The van der Waals surface area contributed by atoms with Gasteiger partial charge in [-0.2, -0.15) is 0 Å². The van der Waals surface area contributed by atoms with Crippen LogP contribution in [0.15, 0.2) is 79.5 Å². The Labute approximate surface area is 237 Å². The van der Waals surface area contributed by atoms with Crippen molar-refractivity contribution < 1.29 is 19.1 Å². The number of fused-ring (bicyclic) bond motifs is 1. The maximum Gasteiger partial charge on any atom is 0.261 e. The van der Waals surface area contributed by atoms with E-state index in [2.05, 4.69) is 23.8 Å². The highest BCUT2D eigenvalue weighted by Gasteiger charge is 2.29. The Morgan fingerprint density at radius 3 is 2.40 bits per heavy atom. The van der Waals surface area contributed by atoms with Gasteiger partial charge in [0.05, 0.1) is 17.7 Å². The minimum Gasteiger partial charge on any atom is -0.497 e. The van der Waals surface area contributed by atoms with Crippen LogP contribution in [0.1, 0.15) is 59.2 Å². The molecule has 8 heteroatoms. The molecule has 1 aromatic heterocycles. The molecule has 1 fully saturated rings. The molecule has 0 atom stereocenters. The van der Waals surface area contributed by atoms with E-state index < -0.39 is 0 Å². The van der Waals surface area contributed by atoms with Crippen molar-refractivity contribution >= 4 is 40.3 Å². The number of carbonyl (C=O) groups excluding carboxylic acids is 3. The molecule has 5 rings (SSSR count). The minimum atomic E-state index is -0.240. The summed E-state index contributed by atoms with van der Waals surface area (Å²) < 4.78 is 5.22. The van der Waals surface area contributed by atoms with Crippen molar-refractivity contribution in [1.82, 2.24) is 10.2 Å². The first-order chi connectivity index (χ1) is 19.3. The summed E-state index contributed by atoms with van der Waals surface area (Å²) in [6.07, 6.45) is 6.04. The third-order valence-electron chi connectivity index (χ3n) is 7.07. The van der Waals surface area contributed by atoms with E-state index in [0.29, 0.717) is 46.1 Å². The van der Waals surface area contributed by atoms with Gasteiger partial charge < -0.3 is 20.3 Å². The predicted molar refractivity (Wildman–Crippen MR) is 159 cm³/mol. The van der Waals surface area contributed by atoms with Gasteiger partial charge in [-0.05, 0) is 91.9 Å². The fraction of sp³-hybridized carbons (Fsp3) is 0.219. The molecule has 40 heavy (non-hydrogen) atoms. The fourth-order valence-electron chi connectivity index (χ4n) is 4.75. The molecular formula is C32H31N3O4S. The van der Waals surface area contributed by atoms with Gasteiger partial charge in [-0.3, -0.25) is 14.4 Å². The SMILES string of the molecule is C=CC1=C(C=C)N(C(=O)c2ccc(NC(=O)c3ccc(OC)cc3C)cc2)CCc2cc(C(=O)NC3CC3)sc21. The van der Waals surface area contributed by atoms with Crippen molar-refractivity contribution in [3.05, 3.63) is 112 Å². The quantitative estimate of drug-likeness (QED) is 0.359. The number of hydrogen-bond donors (Lipinski definition) is 2. The number of benzene rings is 2. The molecule has 7 nitrogen and oxygen atoms in total. The second kappa shape index (κ2) is 11.4. The molecule has 2 N–H and O–H groups in total. The molecule has 2 heterocycles. The van der Waals surface area contributed by atoms with Crippen molar-refractivity contribution in [2.45, 2.75) is 32.2 Å². The molecule has 3 aromatic rings. The van der Waals surface area contributed by atoms with Gasteiger partial charge in [-0.15, -0.1) is 11.3 Å². The summed E-state index contributed by atoms with van der Waals surface area (Å²) in [5.74, 6) is 0.217. The number of thiophene rings is 1. The van der Waals surface area contributed by atoms with Crippen LogP contribution in [0.25, 0.3) is 5.57 Å². The molecule has 2 aliphatic rings. The number of amides is 3. The number of methoxy groups -OCH3 is 1. The van der Waals surface area contributed by atoms with Crippen molar-refractivity contribution in [3.8, 4) is 5.75 Å². The van der Waals surface area contributed by atoms with E-state index in [1.54, 1.807) is 60.6 Å². The third kappa shape index (κ3) is 5.49. The molecule has 1 saturated carbocycles. The number of aryl methyl sites for hydroxylation is 1. The van der Waals surface area contributed by atoms with Crippen LogP contribution in [0.5, 0.6) is 5.75 Å². The summed E-state index contributed by atoms with van der Waals surface area (Å²) in [4.78, 5) is 42.5. The lowest BCUT2D eigenvalue weighted by Gasteiger charge is -2.24. The molecule has 204 valence electrons. The largest absolute Gasteiger partial charge is 0.497 e. The van der Waals surface area contributed by atoms with E-state index in [1.807, 2.05) is 19.1 Å². The van der Waals surface area contributed by atoms with Crippen LogP contribution < -0.4 is 15.4 Å². The van der Waals surface area contributed by atoms with Gasteiger partial charge >= 0.3 is 0 Å². The zero-order chi connectivity index (χ0) is 28.4. The highest BCUT2D eigenvalue weighted by molar-refractivity contribution is 7.15. The number of hydrogen-bond acceptors (Lipinski definition) is 5. The molecule has 1 aliphatic carbocycles. The van der Waals surface area contributed by atoms with Crippen LogP contribution in [0.4, 0.5) is 5.69 Å². The van der Waals surface area contributed by atoms with Crippen LogP contribution in [0.3, 0.4) is 0 Å². The van der Waals surface area contributed by atoms with Crippen LogP contribution in [0.2, 0.25) is 0 Å². The molecule has 0 saturated heterocycles. The van der Waals surface area contributed by atoms with Crippen molar-refractivity contribution in [3.63, 3.8) is 0 Å². The lowest BCUT2D eigenvalue weighted by atomic mass is 10.1.